The smallest absolute Gasteiger partial charge is 0.168 e. The SMILES string of the molecule is CC(C)(C)C(=O)c1ccccc1.COC(C)(C)C. The highest BCUT2D eigenvalue weighted by Gasteiger charge is 2.21. The number of hydrogen-bond acceptors (Lipinski definition) is 2. The van der Waals surface area contributed by atoms with E-state index >= 15 is 0 Å². The van der Waals surface area contributed by atoms with Crippen molar-refractivity contribution in [1.82, 2.24) is 0 Å². The average Bonchev–Trinajstić information content (AvgIpc) is 2.28. The largest absolute Gasteiger partial charge is 0.379 e. The Morgan fingerprint density at radius 3 is 1.61 bits per heavy atom. The Kier molecular flexibility index (Phi) is 6.27. The molecule has 0 atom stereocenters. The van der Waals surface area contributed by atoms with E-state index < -0.39 is 0 Å². The molecular formula is C16H26O2. The average molecular weight is 250 g/mol. The predicted octanol–water partition coefficient (Wildman–Crippen LogP) is 4.35. The molecule has 0 saturated heterocycles. The number of methoxy groups -OCH3 is 1. The number of rotatable bonds is 1. The Morgan fingerprint density at radius 2 is 1.33 bits per heavy atom. The van der Waals surface area contributed by atoms with E-state index in [1.807, 2.05) is 71.9 Å². The van der Waals surface area contributed by atoms with E-state index in [2.05, 4.69) is 0 Å². The quantitative estimate of drug-likeness (QED) is 0.693. The second-order valence-electron chi connectivity index (χ2n) is 6.26. The molecule has 0 aromatic heterocycles. The molecule has 0 amide bonds. The number of ketones is 1. The second-order valence-corrected chi connectivity index (χ2v) is 6.26. The van der Waals surface area contributed by atoms with Gasteiger partial charge in [-0.05, 0) is 20.8 Å². The maximum atomic E-state index is 11.7. The van der Waals surface area contributed by atoms with Crippen LogP contribution in [0.25, 0.3) is 0 Å². The van der Waals surface area contributed by atoms with Crippen molar-refractivity contribution in [2.24, 2.45) is 5.41 Å². The van der Waals surface area contributed by atoms with Crippen LogP contribution in [-0.2, 0) is 4.74 Å². The highest BCUT2D eigenvalue weighted by Crippen LogP contribution is 2.19. The zero-order valence-electron chi connectivity index (χ0n) is 12.7. The minimum atomic E-state index is -0.276. The lowest BCUT2D eigenvalue weighted by molar-refractivity contribution is 0.0397. The first-order valence-corrected chi connectivity index (χ1v) is 6.23. The molecule has 0 aliphatic rings. The summed E-state index contributed by atoms with van der Waals surface area (Å²) in [4.78, 5) is 11.7. The zero-order chi connectivity index (χ0) is 14.4. The van der Waals surface area contributed by atoms with Crippen LogP contribution in [0.15, 0.2) is 30.3 Å². The molecule has 0 heterocycles. The molecule has 0 aliphatic carbocycles. The molecule has 0 unspecified atom stereocenters. The first kappa shape index (κ1) is 16.9. The Morgan fingerprint density at radius 1 is 0.944 bits per heavy atom. The van der Waals surface area contributed by atoms with Crippen LogP contribution in [-0.4, -0.2) is 18.5 Å². The van der Waals surface area contributed by atoms with E-state index in [-0.39, 0.29) is 16.8 Å². The molecule has 1 rings (SSSR count). The first-order valence-electron chi connectivity index (χ1n) is 6.23. The number of hydrogen-bond donors (Lipinski definition) is 0. The van der Waals surface area contributed by atoms with Gasteiger partial charge in [-0.15, -0.1) is 0 Å². The van der Waals surface area contributed by atoms with Crippen molar-refractivity contribution in [3.63, 3.8) is 0 Å². The fourth-order valence-electron chi connectivity index (χ4n) is 1.02. The van der Waals surface area contributed by atoms with Crippen LogP contribution in [0.2, 0.25) is 0 Å². The molecular weight excluding hydrogens is 224 g/mol. The fourth-order valence-corrected chi connectivity index (χ4v) is 1.02. The fraction of sp³-hybridized carbons (Fsp3) is 0.562. The van der Waals surface area contributed by atoms with Crippen molar-refractivity contribution in [2.75, 3.05) is 7.11 Å². The molecule has 0 fully saturated rings. The molecule has 18 heavy (non-hydrogen) atoms. The van der Waals surface area contributed by atoms with E-state index in [1.54, 1.807) is 7.11 Å². The molecule has 0 spiro atoms. The maximum Gasteiger partial charge on any atom is 0.168 e. The molecule has 102 valence electrons. The van der Waals surface area contributed by atoms with Crippen molar-refractivity contribution in [3.05, 3.63) is 35.9 Å². The van der Waals surface area contributed by atoms with Crippen LogP contribution in [0.4, 0.5) is 0 Å². The molecule has 0 saturated carbocycles. The van der Waals surface area contributed by atoms with Gasteiger partial charge in [0.1, 0.15) is 0 Å². The summed E-state index contributed by atoms with van der Waals surface area (Å²) in [7, 11) is 1.71. The standard InChI is InChI=1S/C11H14O.C5H12O/c1-11(2,3)10(12)9-7-5-4-6-8-9;1-5(2,3)6-4/h4-8H,1-3H3;1-4H3. The number of ether oxygens (including phenoxy) is 1. The summed E-state index contributed by atoms with van der Waals surface area (Å²) in [5, 5.41) is 0. The lowest BCUT2D eigenvalue weighted by Gasteiger charge is -2.16. The number of Topliss-reactive ketones (excluding diaryl/α,β-unsaturated/α-hetero) is 1. The normalized spacial score (nSPS) is 11.5. The van der Waals surface area contributed by atoms with Gasteiger partial charge in [0.2, 0.25) is 0 Å². The minimum absolute atomic E-state index is 0.0417. The molecule has 0 aliphatic heterocycles. The lowest BCUT2D eigenvalue weighted by atomic mass is 9.87. The van der Waals surface area contributed by atoms with Crippen LogP contribution in [0.3, 0.4) is 0 Å². The van der Waals surface area contributed by atoms with Gasteiger partial charge < -0.3 is 4.74 Å². The van der Waals surface area contributed by atoms with Gasteiger partial charge in [-0.25, -0.2) is 0 Å². The third kappa shape index (κ3) is 7.23. The Labute approximate surface area is 111 Å². The highest BCUT2D eigenvalue weighted by atomic mass is 16.5. The third-order valence-electron chi connectivity index (χ3n) is 2.33. The summed E-state index contributed by atoms with van der Waals surface area (Å²) in [6.07, 6.45) is 0. The van der Waals surface area contributed by atoms with Crippen LogP contribution >= 0.6 is 0 Å². The Hall–Kier alpha value is -1.15. The topological polar surface area (TPSA) is 26.3 Å². The van der Waals surface area contributed by atoms with E-state index in [0.717, 1.165) is 5.56 Å². The summed E-state index contributed by atoms with van der Waals surface area (Å²) >= 11 is 0. The van der Waals surface area contributed by atoms with Gasteiger partial charge in [0.15, 0.2) is 5.78 Å². The van der Waals surface area contributed by atoms with Gasteiger partial charge >= 0.3 is 0 Å². The van der Waals surface area contributed by atoms with Crippen molar-refractivity contribution >= 4 is 5.78 Å². The summed E-state index contributed by atoms with van der Waals surface area (Å²) in [5.74, 6) is 0.197. The number of benzene rings is 1. The maximum absolute atomic E-state index is 11.7. The monoisotopic (exact) mass is 250 g/mol. The van der Waals surface area contributed by atoms with Gasteiger partial charge in [0.25, 0.3) is 0 Å². The minimum Gasteiger partial charge on any atom is -0.379 e. The molecule has 2 nitrogen and oxygen atoms in total. The molecule has 2 heteroatoms. The van der Waals surface area contributed by atoms with Crippen LogP contribution in [0, 0.1) is 5.41 Å². The third-order valence-corrected chi connectivity index (χ3v) is 2.33. The Bertz CT molecular complexity index is 353. The van der Waals surface area contributed by atoms with Crippen LogP contribution in [0.1, 0.15) is 51.9 Å². The summed E-state index contributed by atoms with van der Waals surface area (Å²) in [6.45, 7) is 11.9. The van der Waals surface area contributed by atoms with Crippen LogP contribution in [0.5, 0.6) is 0 Å². The van der Waals surface area contributed by atoms with E-state index in [0.29, 0.717) is 0 Å². The summed E-state index contributed by atoms with van der Waals surface area (Å²) in [6, 6.07) is 9.40. The number of carbonyl (C=O) groups excluding carboxylic acids is 1. The lowest BCUT2D eigenvalue weighted by Crippen LogP contribution is -2.19. The van der Waals surface area contributed by atoms with Gasteiger partial charge in [0.05, 0.1) is 5.60 Å². The van der Waals surface area contributed by atoms with Gasteiger partial charge in [-0.3, -0.25) is 4.79 Å². The van der Waals surface area contributed by atoms with E-state index in [1.165, 1.54) is 0 Å². The highest BCUT2D eigenvalue weighted by molar-refractivity contribution is 5.99. The predicted molar refractivity (Wildman–Crippen MR) is 77.0 cm³/mol. The molecule has 1 aromatic rings. The van der Waals surface area contributed by atoms with E-state index in [9.17, 15) is 4.79 Å². The van der Waals surface area contributed by atoms with Crippen molar-refractivity contribution < 1.29 is 9.53 Å². The van der Waals surface area contributed by atoms with E-state index in [4.69, 9.17) is 4.74 Å². The van der Waals surface area contributed by atoms with Crippen LogP contribution < -0.4 is 0 Å². The van der Waals surface area contributed by atoms with Crippen molar-refractivity contribution in [2.45, 2.75) is 47.1 Å². The molecule has 0 radical (unpaired) electrons. The van der Waals surface area contributed by atoms with Gasteiger partial charge in [-0.2, -0.15) is 0 Å². The molecule has 0 bridgehead atoms. The summed E-state index contributed by atoms with van der Waals surface area (Å²) < 4.78 is 4.94. The first-order chi connectivity index (χ1) is 8.08. The van der Waals surface area contributed by atoms with Crippen molar-refractivity contribution in [1.29, 1.82) is 0 Å². The second kappa shape index (κ2) is 6.69. The summed E-state index contributed by atoms with van der Waals surface area (Å²) in [5.41, 5.74) is 0.562. The Balaban J connectivity index is 0.000000411. The van der Waals surface area contributed by atoms with Crippen molar-refractivity contribution in [3.8, 4) is 0 Å². The number of carbonyl (C=O) groups is 1. The molecule has 0 N–H and O–H groups in total. The van der Waals surface area contributed by atoms with Gasteiger partial charge in [0, 0.05) is 18.1 Å². The van der Waals surface area contributed by atoms with Gasteiger partial charge in [-0.1, -0.05) is 51.1 Å². The zero-order valence-corrected chi connectivity index (χ0v) is 12.7. The molecule has 1 aromatic carbocycles.